The summed E-state index contributed by atoms with van der Waals surface area (Å²) in [5.41, 5.74) is 0.521. The first kappa shape index (κ1) is 14.4. The van der Waals surface area contributed by atoms with Crippen LogP contribution in [0.4, 0.5) is 0 Å². The van der Waals surface area contributed by atoms with Crippen LogP contribution >= 0.6 is 0 Å². The Bertz CT molecular complexity index is 806. The summed E-state index contributed by atoms with van der Waals surface area (Å²) < 4.78 is 16.1. The lowest BCUT2D eigenvalue weighted by atomic mass is 9.99. The van der Waals surface area contributed by atoms with Gasteiger partial charge in [0.2, 0.25) is 6.79 Å². The molecule has 0 saturated carbocycles. The van der Waals surface area contributed by atoms with Crippen LogP contribution in [-0.4, -0.2) is 24.7 Å². The lowest BCUT2D eigenvalue weighted by molar-refractivity contribution is -0.121. The third-order valence-electron chi connectivity index (χ3n) is 3.77. The first-order valence-corrected chi connectivity index (χ1v) is 7.07. The molecule has 0 saturated heterocycles. The average molecular weight is 303 g/mol. The minimum Gasteiger partial charge on any atom is -0.496 e. The van der Waals surface area contributed by atoms with Gasteiger partial charge < -0.3 is 19.2 Å². The van der Waals surface area contributed by atoms with Crippen molar-refractivity contribution >= 4 is 16.7 Å². The van der Waals surface area contributed by atoms with Crippen molar-refractivity contribution < 1.29 is 19.0 Å². The number of ether oxygens (including phenoxy) is 3. The molecule has 1 aliphatic heterocycles. The van der Waals surface area contributed by atoms with E-state index in [1.54, 1.807) is 12.1 Å². The van der Waals surface area contributed by atoms with Crippen LogP contribution in [-0.2, 0) is 11.2 Å². The van der Waals surface area contributed by atoms with Gasteiger partial charge in [0, 0.05) is 17.7 Å². The van der Waals surface area contributed by atoms with Crippen LogP contribution in [0.2, 0.25) is 0 Å². The van der Waals surface area contributed by atoms with Gasteiger partial charge in [-0.3, -0.25) is 9.59 Å². The number of aromatic nitrogens is 1. The highest BCUT2D eigenvalue weighted by molar-refractivity contribution is 5.94. The normalized spacial score (nSPS) is 12.9. The fourth-order valence-corrected chi connectivity index (χ4v) is 2.51. The van der Waals surface area contributed by atoms with Crippen LogP contribution in [0.5, 0.6) is 17.2 Å². The molecule has 0 radical (unpaired) electrons. The Morgan fingerprint density at radius 3 is 2.82 bits per heavy atom. The fraction of sp³-hybridized carbons (Fsp3) is 0.375. The predicted molar refractivity (Wildman–Crippen MR) is 80.8 cm³/mol. The number of benzene rings is 1. The zero-order chi connectivity index (χ0) is 15.9. The summed E-state index contributed by atoms with van der Waals surface area (Å²) in [5, 5.41) is 0.693. The highest BCUT2D eigenvalue weighted by Crippen LogP contribution is 2.41. The van der Waals surface area contributed by atoms with E-state index in [0.29, 0.717) is 33.7 Å². The maximum absolute atomic E-state index is 12.4. The van der Waals surface area contributed by atoms with Crippen molar-refractivity contribution in [2.75, 3.05) is 13.9 Å². The predicted octanol–water partition coefficient (Wildman–Crippen LogP) is 2.03. The van der Waals surface area contributed by atoms with Gasteiger partial charge in [-0.05, 0) is 12.1 Å². The average Bonchev–Trinajstić information content (AvgIpc) is 2.96. The molecule has 1 aromatic heterocycles. The Morgan fingerprint density at radius 1 is 1.36 bits per heavy atom. The molecule has 1 N–H and O–H groups in total. The molecular weight excluding hydrogens is 286 g/mol. The van der Waals surface area contributed by atoms with E-state index in [4.69, 9.17) is 14.2 Å². The van der Waals surface area contributed by atoms with Gasteiger partial charge in [0.05, 0.1) is 18.2 Å². The summed E-state index contributed by atoms with van der Waals surface area (Å²) in [7, 11) is 1.49. The molecule has 0 atom stereocenters. The van der Waals surface area contributed by atoms with Crippen LogP contribution in [0.3, 0.4) is 0 Å². The summed E-state index contributed by atoms with van der Waals surface area (Å²) in [5.74, 6) is 1.33. The van der Waals surface area contributed by atoms with Crippen molar-refractivity contribution in [3.63, 3.8) is 0 Å². The number of pyridine rings is 1. The Hall–Kier alpha value is -2.50. The van der Waals surface area contributed by atoms with E-state index < -0.39 is 0 Å². The number of aromatic amines is 1. The van der Waals surface area contributed by atoms with Crippen LogP contribution in [0.1, 0.15) is 19.4 Å². The SMILES string of the molecule is COc1c(CC(=O)C(C)C)c(=O)[nH]c2c3c(ccc12)OCO3. The molecule has 0 amide bonds. The smallest absolute Gasteiger partial charge is 0.255 e. The van der Waals surface area contributed by atoms with E-state index in [-0.39, 0.29) is 30.5 Å². The van der Waals surface area contributed by atoms with Gasteiger partial charge in [0.25, 0.3) is 5.56 Å². The van der Waals surface area contributed by atoms with E-state index in [1.807, 2.05) is 13.8 Å². The molecule has 3 rings (SSSR count). The highest BCUT2D eigenvalue weighted by atomic mass is 16.7. The molecular formula is C16H17NO5. The molecule has 6 nitrogen and oxygen atoms in total. The molecule has 0 spiro atoms. The van der Waals surface area contributed by atoms with Gasteiger partial charge in [-0.1, -0.05) is 13.8 Å². The number of carbonyl (C=O) groups excluding carboxylic acids is 1. The number of nitrogens with one attached hydrogen (secondary N) is 1. The van der Waals surface area contributed by atoms with E-state index in [0.717, 1.165) is 0 Å². The summed E-state index contributed by atoms with van der Waals surface area (Å²) in [6.07, 6.45) is 0.0422. The van der Waals surface area contributed by atoms with Gasteiger partial charge in [-0.25, -0.2) is 0 Å². The van der Waals surface area contributed by atoms with Gasteiger partial charge in [-0.2, -0.15) is 0 Å². The first-order chi connectivity index (χ1) is 10.5. The zero-order valence-electron chi connectivity index (χ0n) is 12.7. The Morgan fingerprint density at radius 2 is 2.14 bits per heavy atom. The molecule has 2 heterocycles. The Balaban J connectivity index is 2.23. The molecule has 0 aliphatic carbocycles. The quantitative estimate of drug-likeness (QED) is 0.935. The van der Waals surface area contributed by atoms with Crippen LogP contribution in [0, 0.1) is 5.92 Å². The van der Waals surface area contributed by atoms with Gasteiger partial charge in [0.1, 0.15) is 11.5 Å². The standard InChI is InChI=1S/C16H17NO5/c1-8(2)11(18)6-10-14(20-3)9-4-5-12-15(22-7-21-12)13(9)17-16(10)19/h4-5,8H,6-7H2,1-3H3,(H,17,19). The van der Waals surface area contributed by atoms with Crippen LogP contribution < -0.4 is 19.8 Å². The molecule has 1 aliphatic rings. The monoisotopic (exact) mass is 303 g/mol. The number of ketones is 1. The second-order valence-electron chi connectivity index (χ2n) is 5.49. The molecule has 22 heavy (non-hydrogen) atoms. The minimum atomic E-state index is -0.345. The molecule has 1 aromatic carbocycles. The molecule has 116 valence electrons. The number of Topliss-reactive ketones (excluding diaryl/α,β-unsaturated/α-hetero) is 1. The van der Waals surface area contributed by atoms with Crippen molar-refractivity contribution in [3.8, 4) is 17.2 Å². The lowest BCUT2D eigenvalue weighted by Crippen LogP contribution is -2.20. The summed E-state index contributed by atoms with van der Waals surface area (Å²) in [6.45, 7) is 3.73. The third-order valence-corrected chi connectivity index (χ3v) is 3.77. The van der Waals surface area contributed by atoms with Gasteiger partial charge in [0.15, 0.2) is 11.5 Å². The van der Waals surface area contributed by atoms with Crippen molar-refractivity contribution in [2.45, 2.75) is 20.3 Å². The maximum atomic E-state index is 12.4. The van der Waals surface area contributed by atoms with E-state index in [1.165, 1.54) is 7.11 Å². The number of H-pyrrole nitrogens is 1. The van der Waals surface area contributed by atoms with Crippen molar-refractivity contribution in [3.05, 3.63) is 28.0 Å². The largest absolute Gasteiger partial charge is 0.496 e. The zero-order valence-corrected chi connectivity index (χ0v) is 12.7. The van der Waals surface area contributed by atoms with Crippen molar-refractivity contribution in [2.24, 2.45) is 5.92 Å². The fourth-order valence-electron chi connectivity index (χ4n) is 2.51. The summed E-state index contributed by atoms with van der Waals surface area (Å²) in [6, 6.07) is 3.56. The number of hydrogen-bond acceptors (Lipinski definition) is 5. The van der Waals surface area contributed by atoms with Gasteiger partial charge >= 0.3 is 0 Å². The van der Waals surface area contributed by atoms with E-state index in [2.05, 4.69) is 4.98 Å². The Kier molecular flexibility index (Phi) is 3.52. The van der Waals surface area contributed by atoms with Crippen molar-refractivity contribution in [1.82, 2.24) is 4.98 Å². The molecule has 2 aromatic rings. The van der Waals surface area contributed by atoms with E-state index >= 15 is 0 Å². The molecule has 0 unspecified atom stereocenters. The van der Waals surface area contributed by atoms with E-state index in [9.17, 15) is 9.59 Å². The molecule has 6 heteroatoms. The lowest BCUT2D eigenvalue weighted by Gasteiger charge is -2.12. The minimum absolute atomic E-state index is 0.0103. The summed E-state index contributed by atoms with van der Waals surface area (Å²) >= 11 is 0. The van der Waals surface area contributed by atoms with Crippen LogP contribution in [0.25, 0.3) is 10.9 Å². The number of methoxy groups -OCH3 is 1. The topological polar surface area (TPSA) is 77.6 Å². The second kappa shape index (κ2) is 5.36. The Labute approximate surface area is 127 Å². The molecule has 0 fully saturated rings. The van der Waals surface area contributed by atoms with Crippen LogP contribution in [0.15, 0.2) is 16.9 Å². The highest BCUT2D eigenvalue weighted by Gasteiger charge is 2.23. The number of hydrogen-bond donors (Lipinski definition) is 1. The number of fused-ring (bicyclic) bond motifs is 3. The maximum Gasteiger partial charge on any atom is 0.255 e. The second-order valence-corrected chi connectivity index (χ2v) is 5.49. The third kappa shape index (κ3) is 2.20. The number of rotatable bonds is 4. The number of carbonyl (C=O) groups is 1. The summed E-state index contributed by atoms with van der Waals surface area (Å²) in [4.78, 5) is 27.2. The molecule has 0 bridgehead atoms. The first-order valence-electron chi connectivity index (χ1n) is 7.07. The van der Waals surface area contributed by atoms with Crippen molar-refractivity contribution in [1.29, 1.82) is 0 Å². The van der Waals surface area contributed by atoms with Gasteiger partial charge in [-0.15, -0.1) is 0 Å².